The standard InChI is InChI=1S/C16H16IN3O5S/c1-10(21)18-12-4-6-13(7-5-12)26(23,24)20-19-16(22)11-3-8-15(25-2)14(17)9-11/h3-9,20H,1-2H3,(H,18,21)(H,19,22). The number of methoxy groups -OCH3 is 1. The van der Waals surface area contributed by atoms with Crippen molar-refractivity contribution in [3.8, 4) is 5.75 Å². The van der Waals surface area contributed by atoms with E-state index in [1.54, 1.807) is 12.1 Å². The van der Waals surface area contributed by atoms with E-state index in [-0.39, 0.29) is 16.4 Å². The van der Waals surface area contributed by atoms with Gasteiger partial charge in [-0.25, -0.2) is 8.42 Å². The highest BCUT2D eigenvalue weighted by Gasteiger charge is 2.16. The fourth-order valence-electron chi connectivity index (χ4n) is 1.97. The lowest BCUT2D eigenvalue weighted by Crippen LogP contribution is -2.41. The second-order valence-corrected chi connectivity index (χ2v) is 7.96. The minimum Gasteiger partial charge on any atom is -0.496 e. The van der Waals surface area contributed by atoms with E-state index in [9.17, 15) is 18.0 Å². The molecule has 2 aromatic carbocycles. The number of benzene rings is 2. The first-order valence-electron chi connectivity index (χ1n) is 7.26. The SMILES string of the molecule is COc1ccc(C(=O)NNS(=O)(=O)c2ccc(NC(C)=O)cc2)cc1I. The lowest BCUT2D eigenvalue weighted by molar-refractivity contribution is -0.114. The van der Waals surface area contributed by atoms with Crippen LogP contribution >= 0.6 is 22.6 Å². The summed E-state index contributed by atoms with van der Waals surface area (Å²) in [5, 5.41) is 2.53. The molecule has 8 nitrogen and oxygen atoms in total. The minimum absolute atomic E-state index is 0.0591. The summed E-state index contributed by atoms with van der Waals surface area (Å²) in [7, 11) is -2.44. The zero-order valence-electron chi connectivity index (χ0n) is 13.9. The van der Waals surface area contributed by atoms with Crippen LogP contribution < -0.4 is 20.3 Å². The summed E-state index contributed by atoms with van der Waals surface area (Å²) in [4.78, 5) is 25.1. The topological polar surface area (TPSA) is 114 Å². The second-order valence-electron chi connectivity index (χ2n) is 5.11. The van der Waals surface area contributed by atoms with E-state index < -0.39 is 15.9 Å². The summed E-state index contributed by atoms with van der Waals surface area (Å²) in [5.41, 5.74) is 2.90. The Balaban J connectivity index is 2.06. The molecule has 0 aliphatic rings. The van der Waals surface area contributed by atoms with E-state index >= 15 is 0 Å². The third kappa shape index (κ3) is 5.16. The fraction of sp³-hybridized carbons (Fsp3) is 0.125. The Morgan fingerprint density at radius 1 is 1.08 bits per heavy atom. The van der Waals surface area contributed by atoms with Crippen molar-refractivity contribution in [2.75, 3.05) is 12.4 Å². The van der Waals surface area contributed by atoms with Crippen molar-refractivity contribution in [2.45, 2.75) is 11.8 Å². The molecule has 0 saturated heterocycles. The Bertz CT molecular complexity index is 929. The molecule has 0 aliphatic heterocycles. The Morgan fingerprint density at radius 3 is 2.27 bits per heavy atom. The van der Waals surface area contributed by atoms with Gasteiger partial charge in [-0.1, -0.05) is 0 Å². The van der Waals surface area contributed by atoms with Crippen LogP contribution in [-0.2, 0) is 14.8 Å². The number of carbonyl (C=O) groups is 2. The molecule has 2 amide bonds. The van der Waals surface area contributed by atoms with Crippen molar-refractivity contribution in [3.63, 3.8) is 0 Å². The van der Waals surface area contributed by atoms with Crippen LogP contribution in [0.25, 0.3) is 0 Å². The summed E-state index contributed by atoms with van der Waals surface area (Å²) in [6.45, 7) is 1.35. The molecule has 0 heterocycles. The maximum absolute atomic E-state index is 12.2. The number of halogens is 1. The van der Waals surface area contributed by atoms with Crippen molar-refractivity contribution in [2.24, 2.45) is 0 Å². The number of sulfonamides is 1. The highest BCUT2D eigenvalue weighted by Crippen LogP contribution is 2.21. The van der Waals surface area contributed by atoms with Crippen LogP contribution in [0.3, 0.4) is 0 Å². The smallest absolute Gasteiger partial charge is 0.266 e. The fourth-order valence-corrected chi connectivity index (χ4v) is 3.55. The number of hydrazine groups is 1. The van der Waals surface area contributed by atoms with Crippen molar-refractivity contribution < 1.29 is 22.7 Å². The van der Waals surface area contributed by atoms with Crippen LogP contribution in [0.4, 0.5) is 5.69 Å². The van der Waals surface area contributed by atoms with Gasteiger partial charge in [0.25, 0.3) is 15.9 Å². The highest BCUT2D eigenvalue weighted by atomic mass is 127. The van der Waals surface area contributed by atoms with Crippen LogP contribution in [0.2, 0.25) is 0 Å². The van der Waals surface area contributed by atoms with Gasteiger partial charge < -0.3 is 10.1 Å². The number of hydrogen-bond acceptors (Lipinski definition) is 5. The van der Waals surface area contributed by atoms with E-state index in [1.165, 1.54) is 44.4 Å². The van der Waals surface area contributed by atoms with Crippen LogP contribution in [0.5, 0.6) is 5.75 Å². The number of amides is 2. The van der Waals surface area contributed by atoms with Crippen molar-refractivity contribution in [1.82, 2.24) is 10.3 Å². The summed E-state index contributed by atoms with van der Waals surface area (Å²) < 4.78 is 30.3. The number of carbonyl (C=O) groups excluding carboxylic acids is 2. The molecule has 2 rings (SSSR count). The molecule has 0 radical (unpaired) electrons. The maximum atomic E-state index is 12.2. The van der Waals surface area contributed by atoms with Gasteiger partial charge in [-0.05, 0) is 65.1 Å². The molecule has 138 valence electrons. The first-order valence-corrected chi connectivity index (χ1v) is 9.82. The number of hydrogen-bond donors (Lipinski definition) is 3. The van der Waals surface area contributed by atoms with Gasteiger partial charge in [0.05, 0.1) is 15.6 Å². The summed E-state index contributed by atoms with van der Waals surface area (Å²) in [6, 6.07) is 10.2. The summed E-state index contributed by atoms with van der Waals surface area (Å²) >= 11 is 2.01. The normalized spacial score (nSPS) is 10.9. The molecule has 0 bridgehead atoms. The quantitative estimate of drug-likeness (QED) is 0.424. The lowest BCUT2D eigenvalue weighted by atomic mass is 10.2. The lowest BCUT2D eigenvalue weighted by Gasteiger charge is -2.10. The molecular formula is C16H16IN3O5S. The number of rotatable bonds is 6. The van der Waals surface area contributed by atoms with Gasteiger partial charge in [0.15, 0.2) is 0 Å². The van der Waals surface area contributed by atoms with E-state index in [2.05, 4.69) is 10.7 Å². The van der Waals surface area contributed by atoms with E-state index in [0.29, 0.717) is 15.0 Å². The molecular weight excluding hydrogens is 473 g/mol. The first-order chi connectivity index (χ1) is 12.2. The molecule has 10 heteroatoms. The number of ether oxygens (including phenoxy) is 1. The molecule has 2 aromatic rings. The maximum Gasteiger partial charge on any atom is 0.266 e. The second kappa shape index (κ2) is 8.47. The van der Waals surface area contributed by atoms with Crippen LogP contribution in [0, 0.1) is 3.57 Å². The first kappa shape index (κ1) is 20.1. The zero-order valence-corrected chi connectivity index (χ0v) is 16.8. The molecule has 0 saturated carbocycles. The molecule has 0 aromatic heterocycles. The van der Waals surface area contributed by atoms with Gasteiger partial charge >= 0.3 is 0 Å². The van der Waals surface area contributed by atoms with Gasteiger partial charge in [-0.3, -0.25) is 15.0 Å². The Kier molecular flexibility index (Phi) is 6.56. The van der Waals surface area contributed by atoms with Crippen LogP contribution in [0.15, 0.2) is 47.4 Å². The molecule has 0 aliphatic carbocycles. The Labute approximate surface area is 164 Å². The average Bonchev–Trinajstić information content (AvgIpc) is 2.59. The van der Waals surface area contributed by atoms with Crippen LogP contribution in [-0.4, -0.2) is 27.3 Å². The minimum atomic E-state index is -3.95. The predicted octanol–water partition coefficient (Wildman–Crippen LogP) is 1.88. The van der Waals surface area contributed by atoms with Crippen molar-refractivity contribution >= 4 is 50.1 Å². The monoisotopic (exact) mass is 489 g/mol. The number of nitrogens with one attached hydrogen (secondary N) is 3. The Morgan fingerprint density at radius 2 is 1.73 bits per heavy atom. The molecule has 26 heavy (non-hydrogen) atoms. The van der Waals surface area contributed by atoms with Crippen molar-refractivity contribution in [3.05, 3.63) is 51.6 Å². The summed E-state index contributed by atoms with van der Waals surface area (Å²) in [5.74, 6) is -0.258. The van der Waals surface area contributed by atoms with E-state index in [1.807, 2.05) is 27.4 Å². The van der Waals surface area contributed by atoms with Gasteiger partial charge in [-0.2, -0.15) is 0 Å². The van der Waals surface area contributed by atoms with Crippen LogP contribution in [0.1, 0.15) is 17.3 Å². The summed E-state index contributed by atoms with van der Waals surface area (Å²) in [6.07, 6.45) is 0. The number of anilines is 1. The van der Waals surface area contributed by atoms with Gasteiger partial charge in [0.2, 0.25) is 5.91 Å². The Hall–Kier alpha value is -2.18. The van der Waals surface area contributed by atoms with Gasteiger partial charge in [-0.15, -0.1) is 4.83 Å². The van der Waals surface area contributed by atoms with Gasteiger partial charge in [0.1, 0.15) is 5.75 Å². The van der Waals surface area contributed by atoms with E-state index in [0.717, 1.165) is 0 Å². The van der Waals surface area contributed by atoms with E-state index in [4.69, 9.17) is 4.74 Å². The van der Waals surface area contributed by atoms with Gasteiger partial charge in [0, 0.05) is 18.2 Å². The average molecular weight is 489 g/mol. The third-order valence-corrected chi connectivity index (χ3v) is 5.30. The zero-order chi connectivity index (χ0) is 19.3. The predicted molar refractivity (Wildman–Crippen MR) is 104 cm³/mol. The largest absolute Gasteiger partial charge is 0.496 e. The van der Waals surface area contributed by atoms with Crippen molar-refractivity contribution in [1.29, 1.82) is 0 Å². The highest BCUT2D eigenvalue weighted by molar-refractivity contribution is 14.1. The molecule has 3 N–H and O–H groups in total. The molecule has 0 fully saturated rings. The molecule has 0 spiro atoms. The molecule has 0 unspecified atom stereocenters. The third-order valence-electron chi connectivity index (χ3n) is 3.20. The molecule has 0 atom stereocenters.